The molecule has 2 saturated heterocycles. The van der Waals surface area contributed by atoms with Gasteiger partial charge in [-0.3, -0.25) is 14.2 Å². The van der Waals surface area contributed by atoms with E-state index in [0.29, 0.717) is 18.2 Å². The van der Waals surface area contributed by atoms with Crippen LogP contribution in [0.25, 0.3) is 0 Å². The molecule has 0 bridgehead atoms. The van der Waals surface area contributed by atoms with Gasteiger partial charge >= 0.3 is 5.91 Å². The van der Waals surface area contributed by atoms with Crippen molar-refractivity contribution in [3.63, 3.8) is 0 Å². The van der Waals surface area contributed by atoms with Crippen molar-refractivity contribution < 1.29 is 14.1 Å². The molecular weight excluding hydrogens is 288 g/mol. The molecule has 2 aliphatic rings. The van der Waals surface area contributed by atoms with Gasteiger partial charge in [0, 0.05) is 5.92 Å². The zero-order valence-corrected chi connectivity index (χ0v) is 15.4. The minimum atomic E-state index is 0.154. The Bertz CT molecular complexity index is 408. The molecule has 0 spiro atoms. The van der Waals surface area contributed by atoms with Crippen LogP contribution in [0.1, 0.15) is 59.3 Å². The molecule has 0 radical (unpaired) electrons. The van der Waals surface area contributed by atoms with Crippen LogP contribution in [0, 0.1) is 11.8 Å². The van der Waals surface area contributed by atoms with E-state index in [1.54, 1.807) is 0 Å². The van der Waals surface area contributed by atoms with E-state index in [-0.39, 0.29) is 5.92 Å². The lowest BCUT2D eigenvalue weighted by atomic mass is 9.91. The second kappa shape index (κ2) is 8.39. The van der Waals surface area contributed by atoms with Crippen LogP contribution in [0.4, 0.5) is 0 Å². The monoisotopic (exact) mass is 323 g/mol. The van der Waals surface area contributed by atoms with E-state index in [0.717, 1.165) is 56.0 Å². The maximum Gasteiger partial charge on any atom is 0.314 e. The first kappa shape index (κ1) is 18.6. The molecule has 0 saturated carbocycles. The average molecular weight is 324 g/mol. The van der Waals surface area contributed by atoms with Gasteiger partial charge in [-0.15, -0.1) is 0 Å². The number of hydrogen-bond donors (Lipinski definition) is 0. The Morgan fingerprint density at radius 2 is 1.78 bits per heavy atom. The van der Waals surface area contributed by atoms with Gasteiger partial charge in [-0.05, 0) is 45.2 Å². The number of carbonyl (C=O) groups is 2. The zero-order valence-electron chi connectivity index (χ0n) is 15.4. The summed E-state index contributed by atoms with van der Waals surface area (Å²) in [6.45, 7) is 12.0. The normalized spacial score (nSPS) is 21.6. The van der Waals surface area contributed by atoms with Crippen molar-refractivity contribution >= 4 is 11.7 Å². The molecule has 4 nitrogen and oxygen atoms in total. The fourth-order valence-electron chi connectivity index (χ4n) is 3.65. The third-order valence-electron chi connectivity index (χ3n) is 5.88. The Labute approximate surface area is 141 Å². The number of unbranched alkanes of at least 4 members (excludes halogenated alkanes) is 1. The Hall–Kier alpha value is -0.740. The fraction of sp³-hybridized carbons (Fsp3) is 0.895. The molecule has 0 aliphatic carbocycles. The molecule has 0 atom stereocenters. The van der Waals surface area contributed by atoms with Crippen LogP contribution < -0.4 is 0 Å². The second-order valence-corrected chi connectivity index (χ2v) is 7.89. The van der Waals surface area contributed by atoms with Crippen LogP contribution in [-0.4, -0.2) is 60.3 Å². The predicted molar refractivity (Wildman–Crippen MR) is 93.0 cm³/mol. The summed E-state index contributed by atoms with van der Waals surface area (Å²) in [6, 6.07) is 0. The first-order chi connectivity index (χ1) is 11.0. The van der Waals surface area contributed by atoms with Crippen LogP contribution in [0.15, 0.2) is 0 Å². The van der Waals surface area contributed by atoms with Crippen molar-refractivity contribution in [2.24, 2.45) is 11.8 Å². The number of piperidine rings is 1. The van der Waals surface area contributed by atoms with Gasteiger partial charge in [-0.25, -0.2) is 4.79 Å². The van der Waals surface area contributed by atoms with Gasteiger partial charge in [0.15, 0.2) is 0 Å². The van der Waals surface area contributed by atoms with Crippen molar-refractivity contribution in [1.29, 1.82) is 0 Å². The van der Waals surface area contributed by atoms with Crippen molar-refractivity contribution in [2.75, 3.05) is 39.3 Å². The molecule has 0 unspecified atom stereocenters. The average Bonchev–Trinajstić information content (AvgIpc) is 3.34. The molecule has 0 N–H and O–H groups in total. The van der Waals surface area contributed by atoms with Gasteiger partial charge in [-0.1, -0.05) is 26.7 Å². The summed E-state index contributed by atoms with van der Waals surface area (Å²) in [5.74, 6) is 1.78. The summed E-state index contributed by atoms with van der Waals surface area (Å²) in [5, 5.41) is 0. The standard InChI is InChI=1S/C19H35N2O2/c1-4-21(13-14-21)19(23)8-6-5-7-17-9-11-20(12-10-17)15-18(22)16(2)3/h16-17H,4-15H2,1-3H3/q+1. The molecule has 2 rings (SSSR count). The minimum absolute atomic E-state index is 0.154. The lowest BCUT2D eigenvalue weighted by Gasteiger charge is -2.31. The number of ketones is 1. The smallest absolute Gasteiger partial charge is 0.298 e. The Balaban J connectivity index is 1.55. The summed E-state index contributed by atoms with van der Waals surface area (Å²) in [6.07, 6.45) is 6.71. The molecule has 1 amide bonds. The van der Waals surface area contributed by atoms with Gasteiger partial charge < -0.3 is 0 Å². The SMILES string of the molecule is CC[N+]1(C(=O)CCCCC2CCN(CC(=O)C(C)C)CC2)CC1. The van der Waals surface area contributed by atoms with Gasteiger partial charge in [0.2, 0.25) is 0 Å². The van der Waals surface area contributed by atoms with E-state index in [1.165, 1.54) is 25.7 Å². The van der Waals surface area contributed by atoms with Crippen molar-refractivity contribution in [1.82, 2.24) is 4.90 Å². The highest BCUT2D eigenvalue weighted by Gasteiger charge is 2.47. The molecule has 0 aromatic carbocycles. The van der Waals surface area contributed by atoms with Crippen molar-refractivity contribution in [3.8, 4) is 0 Å². The van der Waals surface area contributed by atoms with E-state index >= 15 is 0 Å². The lowest BCUT2D eigenvalue weighted by Crippen LogP contribution is -2.38. The van der Waals surface area contributed by atoms with E-state index in [9.17, 15) is 9.59 Å². The fourth-order valence-corrected chi connectivity index (χ4v) is 3.65. The maximum atomic E-state index is 12.1. The van der Waals surface area contributed by atoms with Gasteiger partial charge in [0.1, 0.15) is 18.9 Å². The number of likely N-dealkylation sites (N-methyl/N-ethyl adjacent to an activating group) is 1. The third kappa shape index (κ3) is 5.39. The van der Waals surface area contributed by atoms with Gasteiger partial charge in [-0.2, -0.15) is 0 Å². The predicted octanol–water partition coefficient (Wildman–Crippen LogP) is 2.86. The number of hydrogen-bond acceptors (Lipinski definition) is 3. The third-order valence-corrected chi connectivity index (χ3v) is 5.88. The lowest BCUT2D eigenvalue weighted by molar-refractivity contribution is -0.717. The summed E-state index contributed by atoms with van der Waals surface area (Å²) in [5.41, 5.74) is 0. The minimum Gasteiger partial charge on any atom is -0.298 e. The van der Waals surface area contributed by atoms with Crippen LogP contribution in [-0.2, 0) is 9.59 Å². The number of carbonyl (C=O) groups excluding carboxylic acids is 2. The molecular formula is C19H35N2O2+. The first-order valence-electron chi connectivity index (χ1n) is 9.61. The van der Waals surface area contributed by atoms with Crippen LogP contribution in [0.5, 0.6) is 0 Å². The number of Topliss-reactive ketones (excluding diaryl/α,β-unsaturated/α-hetero) is 1. The topological polar surface area (TPSA) is 37.4 Å². The highest BCUT2D eigenvalue weighted by molar-refractivity contribution is 5.82. The Morgan fingerprint density at radius 3 is 2.30 bits per heavy atom. The highest BCUT2D eigenvalue weighted by atomic mass is 16.2. The zero-order chi connectivity index (χ0) is 16.9. The molecule has 132 valence electrons. The van der Waals surface area contributed by atoms with Crippen molar-refractivity contribution in [2.45, 2.75) is 59.3 Å². The van der Waals surface area contributed by atoms with E-state index < -0.39 is 0 Å². The van der Waals surface area contributed by atoms with Crippen LogP contribution >= 0.6 is 0 Å². The van der Waals surface area contributed by atoms with E-state index in [2.05, 4.69) is 11.8 Å². The number of quaternary nitrogens is 1. The molecule has 4 heteroatoms. The second-order valence-electron chi connectivity index (χ2n) is 7.89. The largest absolute Gasteiger partial charge is 0.314 e. The highest BCUT2D eigenvalue weighted by Crippen LogP contribution is 2.26. The Morgan fingerprint density at radius 1 is 1.13 bits per heavy atom. The number of amides is 1. The van der Waals surface area contributed by atoms with Gasteiger partial charge in [0.05, 0.1) is 19.5 Å². The molecule has 23 heavy (non-hydrogen) atoms. The van der Waals surface area contributed by atoms with Crippen LogP contribution in [0.2, 0.25) is 0 Å². The summed E-state index contributed by atoms with van der Waals surface area (Å²) in [7, 11) is 0. The number of rotatable bonds is 9. The summed E-state index contributed by atoms with van der Waals surface area (Å²) < 4.78 is 0.752. The van der Waals surface area contributed by atoms with Crippen LogP contribution in [0.3, 0.4) is 0 Å². The molecule has 2 aliphatic heterocycles. The molecule has 0 aromatic heterocycles. The summed E-state index contributed by atoms with van der Waals surface area (Å²) in [4.78, 5) is 26.3. The van der Waals surface area contributed by atoms with E-state index in [4.69, 9.17) is 0 Å². The molecule has 0 aromatic rings. The first-order valence-corrected chi connectivity index (χ1v) is 9.61. The summed E-state index contributed by atoms with van der Waals surface area (Å²) >= 11 is 0. The number of likely N-dealkylation sites (tertiary alicyclic amines) is 1. The van der Waals surface area contributed by atoms with E-state index in [1.807, 2.05) is 13.8 Å². The molecule has 2 heterocycles. The quantitative estimate of drug-likeness (QED) is 0.372. The maximum absolute atomic E-state index is 12.1. The number of nitrogens with zero attached hydrogens (tertiary/aromatic N) is 2. The molecule has 2 fully saturated rings. The Kier molecular flexibility index (Phi) is 6.78. The van der Waals surface area contributed by atoms with Gasteiger partial charge in [0.25, 0.3) is 0 Å². The van der Waals surface area contributed by atoms with Crippen molar-refractivity contribution in [3.05, 3.63) is 0 Å².